The molecule has 0 saturated carbocycles. The summed E-state index contributed by atoms with van der Waals surface area (Å²) in [6.45, 7) is 7.17. The number of thiazole rings is 1. The van der Waals surface area contributed by atoms with Crippen LogP contribution in [0.25, 0.3) is 0 Å². The molecule has 1 atom stereocenters. The molecule has 1 aliphatic rings. The number of hydrogen-bond donors (Lipinski definition) is 0. The van der Waals surface area contributed by atoms with Gasteiger partial charge in [0.05, 0.1) is 23.8 Å². The zero-order chi connectivity index (χ0) is 21.4. The van der Waals surface area contributed by atoms with Crippen LogP contribution >= 0.6 is 11.3 Å². The molecule has 1 aromatic heterocycles. The fourth-order valence-corrected chi connectivity index (χ4v) is 4.02. The lowest BCUT2D eigenvalue weighted by Gasteiger charge is -2.15. The van der Waals surface area contributed by atoms with Crippen LogP contribution in [0.3, 0.4) is 0 Å². The van der Waals surface area contributed by atoms with Gasteiger partial charge in [0.15, 0.2) is 4.80 Å². The van der Waals surface area contributed by atoms with Crippen molar-refractivity contribution in [1.29, 1.82) is 0 Å². The molecular weight excluding hydrogens is 408 g/mol. The van der Waals surface area contributed by atoms with Gasteiger partial charge in [0.1, 0.15) is 5.82 Å². The normalized spacial score (nSPS) is 18.4. The second kappa shape index (κ2) is 8.02. The summed E-state index contributed by atoms with van der Waals surface area (Å²) in [5.41, 5.74) is -2.00. The summed E-state index contributed by atoms with van der Waals surface area (Å²) in [6.07, 6.45) is -0.992. The Labute approximate surface area is 169 Å². The Balaban J connectivity index is 2.02. The largest absolute Gasteiger partial charge is 0.416 e. The minimum atomic E-state index is -4.68. The summed E-state index contributed by atoms with van der Waals surface area (Å²) >= 11 is 1.26. The SMILES string of the molecule is CC(C)(C)c1cn(C[C@H]2CCCO2)c(=NC(=O)c2cc(C(F)(F)F)ccc2F)s1. The van der Waals surface area contributed by atoms with Crippen LogP contribution in [0.2, 0.25) is 0 Å². The van der Waals surface area contributed by atoms with Crippen LogP contribution in [0.5, 0.6) is 0 Å². The fraction of sp³-hybridized carbons (Fsp3) is 0.500. The van der Waals surface area contributed by atoms with Gasteiger partial charge in [-0.25, -0.2) is 4.39 Å². The number of carbonyl (C=O) groups excluding carboxylic acids is 1. The number of aromatic nitrogens is 1. The number of amides is 1. The van der Waals surface area contributed by atoms with Crippen molar-refractivity contribution >= 4 is 17.2 Å². The van der Waals surface area contributed by atoms with Gasteiger partial charge in [0, 0.05) is 17.7 Å². The average molecular weight is 430 g/mol. The first-order chi connectivity index (χ1) is 13.4. The molecule has 0 unspecified atom stereocenters. The maximum Gasteiger partial charge on any atom is 0.416 e. The van der Waals surface area contributed by atoms with Crippen LogP contribution in [0, 0.1) is 5.82 Å². The van der Waals surface area contributed by atoms with Crippen LogP contribution in [-0.4, -0.2) is 23.2 Å². The average Bonchev–Trinajstić information content (AvgIpc) is 3.24. The summed E-state index contributed by atoms with van der Waals surface area (Å²) < 4.78 is 60.3. The van der Waals surface area contributed by atoms with Gasteiger partial charge in [0.25, 0.3) is 5.91 Å². The van der Waals surface area contributed by atoms with Crippen molar-refractivity contribution in [3.05, 3.63) is 51.0 Å². The van der Waals surface area contributed by atoms with Gasteiger partial charge in [-0.1, -0.05) is 20.8 Å². The highest BCUT2D eigenvalue weighted by Gasteiger charge is 2.32. The second-order valence-electron chi connectivity index (χ2n) is 8.02. The Bertz CT molecular complexity index is 964. The van der Waals surface area contributed by atoms with E-state index in [-0.39, 0.29) is 11.5 Å². The third-order valence-corrected chi connectivity index (χ3v) is 6.05. The molecule has 0 spiro atoms. The smallest absolute Gasteiger partial charge is 0.376 e. The lowest BCUT2D eigenvalue weighted by atomic mass is 9.95. The number of rotatable bonds is 3. The molecule has 2 aromatic rings. The monoisotopic (exact) mass is 430 g/mol. The Kier molecular flexibility index (Phi) is 6.01. The van der Waals surface area contributed by atoms with Crippen molar-refractivity contribution in [3.63, 3.8) is 0 Å². The minimum Gasteiger partial charge on any atom is -0.376 e. The van der Waals surface area contributed by atoms with Gasteiger partial charge in [-0.3, -0.25) is 4.79 Å². The van der Waals surface area contributed by atoms with E-state index in [1.807, 2.05) is 27.0 Å². The molecule has 1 fully saturated rings. The van der Waals surface area contributed by atoms with Crippen molar-refractivity contribution in [3.8, 4) is 0 Å². The van der Waals surface area contributed by atoms with Crippen LogP contribution in [0.4, 0.5) is 17.6 Å². The highest BCUT2D eigenvalue weighted by molar-refractivity contribution is 7.09. The van der Waals surface area contributed by atoms with Gasteiger partial charge < -0.3 is 9.30 Å². The maximum absolute atomic E-state index is 14.1. The first-order valence-electron chi connectivity index (χ1n) is 9.23. The van der Waals surface area contributed by atoms with Gasteiger partial charge in [-0.2, -0.15) is 18.2 Å². The summed E-state index contributed by atoms with van der Waals surface area (Å²) in [7, 11) is 0. The number of hydrogen-bond acceptors (Lipinski definition) is 3. The van der Waals surface area contributed by atoms with E-state index in [1.165, 1.54) is 11.3 Å². The summed E-state index contributed by atoms with van der Waals surface area (Å²) in [6, 6.07) is 1.75. The molecule has 0 aliphatic carbocycles. The predicted molar refractivity (Wildman–Crippen MR) is 101 cm³/mol. The van der Waals surface area contributed by atoms with Crippen molar-refractivity contribution in [2.45, 2.75) is 57.9 Å². The van der Waals surface area contributed by atoms with E-state index in [1.54, 1.807) is 4.57 Å². The lowest BCUT2D eigenvalue weighted by Crippen LogP contribution is -2.23. The van der Waals surface area contributed by atoms with E-state index in [9.17, 15) is 22.4 Å². The number of carbonyl (C=O) groups is 1. The molecule has 2 heterocycles. The number of nitrogens with zero attached hydrogens (tertiary/aromatic N) is 2. The summed E-state index contributed by atoms with van der Waals surface area (Å²) in [5.74, 6) is -2.08. The van der Waals surface area contributed by atoms with E-state index < -0.39 is 29.0 Å². The van der Waals surface area contributed by atoms with Gasteiger partial charge in [0.2, 0.25) is 0 Å². The molecule has 1 aromatic carbocycles. The Hall–Kier alpha value is -2.00. The van der Waals surface area contributed by atoms with E-state index in [4.69, 9.17) is 4.74 Å². The van der Waals surface area contributed by atoms with Gasteiger partial charge >= 0.3 is 6.18 Å². The third kappa shape index (κ3) is 5.14. The van der Waals surface area contributed by atoms with Crippen LogP contribution in [-0.2, 0) is 22.9 Å². The highest BCUT2D eigenvalue weighted by Crippen LogP contribution is 2.30. The molecule has 0 bridgehead atoms. The zero-order valence-corrected chi connectivity index (χ0v) is 17.2. The van der Waals surface area contributed by atoms with Crippen LogP contribution in [0.1, 0.15) is 54.4 Å². The van der Waals surface area contributed by atoms with Crippen LogP contribution < -0.4 is 4.80 Å². The molecule has 1 saturated heterocycles. The van der Waals surface area contributed by atoms with E-state index in [0.29, 0.717) is 36.2 Å². The number of halogens is 4. The quantitative estimate of drug-likeness (QED) is 0.649. The topological polar surface area (TPSA) is 43.6 Å². The van der Waals surface area contributed by atoms with Crippen molar-refractivity contribution in [2.75, 3.05) is 6.61 Å². The molecule has 3 rings (SSSR count). The predicted octanol–water partition coefficient (Wildman–Crippen LogP) is 4.93. The molecule has 9 heteroatoms. The van der Waals surface area contributed by atoms with Crippen molar-refractivity contribution in [1.82, 2.24) is 4.57 Å². The molecule has 1 aliphatic heterocycles. The Morgan fingerprint density at radius 2 is 2.03 bits per heavy atom. The first kappa shape index (κ1) is 21.7. The number of alkyl halides is 3. The Morgan fingerprint density at radius 1 is 1.31 bits per heavy atom. The third-order valence-electron chi connectivity index (χ3n) is 4.60. The fourth-order valence-electron chi connectivity index (χ4n) is 2.96. The van der Waals surface area contributed by atoms with Gasteiger partial charge in [-0.05, 0) is 36.5 Å². The molecule has 4 nitrogen and oxygen atoms in total. The maximum atomic E-state index is 14.1. The summed E-state index contributed by atoms with van der Waals surface area (Å²) in [4.78, 5) is 17.8. The number of ether oxygens (including phenoxy) is 1. The second-order valence-corrected chi connectivity index (χ2v) is 9.03. The van der Waals surface area contributed by atoms with Crippen molar-refractivity contribution < 1.29 is 27.1 Å². The van der Waals surface area contributed by atoms with E-state index in [2.05, 4.69) is 4.99 Å². The van der Waals surface area contributed by atoms with E-state index in [0.717, 1.165) is 17.7 Å². The van der Waals surface area contributed by atoms with Crippen LogP contribution in [0.15, 0.2) is 29.4 Å². The molecule has 158 valence electrons. The number of benzene rings is 1. The zero-order valence-electron chi connectivity index (χ0n) is 16.3. The van der Waals surface area contributed by atoms with Crippen molar-refractivity contribution in [2.24, 2.45) is 4.99 Å². The molecule has 29 heavy (non-hydrogen) atoms. The van der Waals surface area contributed by atoms with Gasteiger partial charge in [-0.15, -0.1) is 11.3 Å². The molecule has 0 N–H and O–H groups in total. The minimum absolute atomic E-state index is 0.0169. The first-order valence-corrected chi connectivity index (χ1v) is 10.0. The standard InChI is InChI=1S/C20H22F4N2O2S/c1-19(2,3)16-11-26(10-13-5-4-8-28-13)18(29-16)25-17(27)14-9-12(20(22,23)24)6-7-15(14)21/h6-7,9,11,13H,4-5,8,10H2,1-3H3/t13-/m1/s1. The summed E-state index contributed by atoms with van der Waals surface area (Å²) in [5, 5.41) is 0. The highest BCUT2D eigenvalue weighted by atomic mass is 32.1. The molecule has 1 amide bonds. The Morgan fingerprint density at radius 3 is 2.62 bits per heavy atom. The lowest BCUT2D eigenvalue weighted by molar-refractivity contribution is -0.137. The molecule has 0 radical (unpaired) electrons. The molecular formula is C20H22F4N2O2S. The van der Waals surface area contributed by atoms with E-state index >= 15 is 0 Å².